The lowest BCUT2D eigenvalue weighted by molar-refractivity contribution is 0.384. The summed E-state index contributed by atoms with van der Waals surface area (Å²) in [4.78, 5) is 2.53. The van der Waals surface area contributed by atoms with Crippen LogP contribution in [0.2, 0.25) is 0 Å². The summed E-state index contributed by atoms with van der Waals surface area (Å²) in [5.41, 5.74) is 3.06. The summed E-state index contributed by atoms with van der Waals surface area (Å²) < 4.78 is 27.8. The number of nitrogens with one attached hydrogen (secondary N) is 1. The van der Waals surface area contributed by atoms with Gasteiger partial charge in [-0.2, -0.15) is 9.40 Å². The van der Waals surface area contributed by atoms with Gasteiger partial charge in [-0.3, -0.25) is 5.10 Å². The normalized spacial score (nSPS) is 16.7. The van der Waals surface area contributed by atoms with E-state index in [4.69, 9.17) is 0 Å². The Morgan fingerprint density at radius 1 is 1.09 bits per heavy atom. The van der Waals surface area contributed by atoms with Gasteiger partial charge in [0, 0.05) is 30.7 Å². The summed E-state index contributed by atoms with van der Waals surface area (Å²) in [5.74, 6) is 0. The van der Waals surface area contributed by atoms with Gasteiger partial charge in [-0.15, -0.1) is 0 Å². The average Bonchev–Trinajstić information content (AvgIpc) is 2.87. The fourth-order valence-electron chi connectivity index (χ4n) is 2.92. The standard InChI is InChI=1S/C15H19BrN4O2S/c1-11-15(12(2)18-17-11)19-7-9-20(10-8-19)23(21,22)14-5-3-13(16)4-6-14/h3-6H,7-10H2,1-2H3,(H,17,18). The summed E-state index contributed by atoms with van der Waals surface area (Å²) >= 11 is 3.33. The number of sulfonamides is 1. The van der Waals surface area contributed by atoms with Crippen LogP contribution < -0.4 is 4.90 Å². The number of aromatic nitrogens is 2. The molecule has 2 heterocycles. The number of anilines is 1. The van der Waals surface area contributed by atoms with E-state index in [1.807, 2.05) is 13.8 Å². The van der Waals surface area contributed by atoms with Crippen molar-refractivity contribution in [2.75, 3.05) is 31.1 Å². The molecule has 2 aromatic rings. The fourth-order valence-corrected chi connectivity index (χ4v) is 4.61. The number of H-pyrrole nitrogens is 1. The topological polar surface area (TPSA) is 69.3 Å². The molecular weight excluding hydrogens is 380 g/mol. The number of rotatable bonds is 3. The molecule has 124 valence electrons. The first-order valence-electron chi connectivity index (χ1n) is 7.42. The highest BCUT2D eigenvalue weighted by molar-refractivity contribution is 9.10. The summed E-state index contributed by atoms with van der Waals surface area (Å²) in [6, 6.07) is 6.77. The molecule has 8 heteroatoms. The van der Waals surface area contributed by atoms with Gasteiger partial charge in [0.1, 0.15) is 0 Å². The Balaban J connectivity index is 1.75. The highest BCUT2D eigenvalue weighted by atomic mass is 79.9. The van der Waals surface area contributed by atoms with E-state index in [1.54, 1.807) is 28.6 Å². The third-order valence-electron chi connectivity index (χ3n) is 4.10. The maximum atomic E-state index is 12.7. The van der Waals surface area contributed by atoms with E-state index in [2.05, 4.69) is 31.0 Å². The van der Waals surface area contributed by atoms with Crippen LogP contribution in [0.4, 0.5) is 5.69 Å². The molecule has 3 rings (SSSR count). The molecule has 0 atom stereocenters. The smallest absolute Gasteiger partial charge is 0.243 e. The number of nitrogens with zero attached hydrogens (tertiary/aromatic N) is 3. The van der Waals surface area contributed by atoms with Crippen molar-refractivity contribution in [3.05, 3.63) is 40.1 Å². The van der Waals surface area contributed by atoms with Crippen LogP contribution in [0.1, 0.15) is 11.4 Å². The highest BCUT2D eigenvalue weighted by Crippen LogP contribution is 2.25. The number of halogens is 1. The summed E-state index contributed by atoms with van der Waals surface area (Å²) in [6.07, 6.45) is 0. The van der Waals surface area contributed by atoms with E-state index < -0.39 is 10.0 Å². The van der Waals surface area contributed by atoms with Gasteiger partial charge in [0.25, 0.3) is 0 Å². The summed E-state index contributed by atoms with van der Waals surface area (Å²) in [6.45, 7) is 6.23. The summed E-state index contributed by atoms with van der Waals surface area (Å²) in [5, 5.41) is 7.19. The molecule has 1 N–H and O–H groups in total. The second-order valence-corrected chi connectivity index (χ2v) is 8.48. The van der Waals surface area contributed by atoms with Crippen LogP contribution in [0.15, 0.2) is 33.6 Å². The van der Waals surface area contributed by atoms with Gasteiger partial charge in [0.15, 0.2) is 0 Å². The zero-order valence-electron chi connectivity index (χ0n) is 13.1. The van der Waals surface area contributed by atoms with Crippen molar-refractivity contribution in [1.82, 2.24) is 14.5 Å². The van der Waals surface area contributed by atoms with E-state index in [-0.39, 0.29) is 0 Å². The molecule has 1 fully saturated rings. The maximum Gasteiger partial charge on any atom is 0.243 e. The molecule has 0 spiro atoms. The molecule has 1 aromatic carbocycles. The molecule has 1 aliphatic rings. The average molecular weight is 399 g/mol. The van der Waals surface area contributed by atoms with Crippen molar-refractivity contribution in [2.24, 2.45) is 0 Å². The van der Waals surface area contributed by atoms with Crippen LogP contribution in [0.3, 0.4) is 0 Å². The van der Waals surface area contributed by atoms with Crippen LogP contribution in [-0.2, 0) is 10.0 Å². The lowest BCUT2D eigenvalue weighted by Gasteiger charge is -2.35. The number of hydrogen-bond donors (Lipinski definition) is 1. The van der Waals surface area contributed by atoms with Crippen LogP contribution in [0.25, 0.3) is 0 Å². The van der Waals surface area contributed by atoms with Crippen molar-refractivity contribution >= 4 is 31.6 Å². The third kappa shape index (κ3) is 3.15. The first-order chi connectivity index (χ1) is 10.9. The first-order valence-corrected chi connectivity index (χ1v) is 9.65. The minimum atomic E-state index is -3.43. The maximum absolute atomic E-state index is 12.7. The lowest BCUT2D eigenvalue weighted by Crippen LogP contribution is -2.48. The van der Waals surface area contributed by atoms with Gasteiger partial charge in [-0.05, 0) is 38.1 Å². The number of hydrogen-bond acceptors (Lipinski definition) is 4. The lowest BCUT2D eigenvalue weighted by atomic mass is 10.2. The Hall–Kier alpha value is -1.38. The van der Waals surface area contributed by atoms with Crippen molar-refractivity contribution in [2.45, 2.75) is 18.7 Å². The van der Waals surface area contributed by atoms with Gasteiger partial charge in [-0.1, -0.05) is 15.9 Å². The quantitative estimate of drug-likeness (QED) is 0.860. The fraction of sp³-hybridized carbons (Fsp3) is 0.400. The van der Waals surface area contributed by atoms with E-state index >= 15 is 0 Å². The predicted octanol–water partition coefficient (Wildman–Crippen LogP) is 2.30. The van der Waals surface area contributed by atoms with Crippen molar-refractivity contribution in [3.8, 4) is 0 Å². The molecule has 1 saturated heterocycles. The zero-order chi connectivity index (χ0) is 16.6. The molecule has 6 nitrogen and oxygen atoms in total. The zero-order valence-corrected chi connectivity index (χ0v) is 15.5. The third-order valence-corrected chi connectivity index (χ3v) is 6.54. The molecule has 0 aliphatic carbocycles. The van der Waals surface area contributed by atoms with E-state index in [0.717, 1.165) is 21.5 Å². The minimum Gasteiger partial charge on any atom is -0.366 e. The van der Waals surface area contributed by atoms with Crippen LogP contribution in [0, 0.1) is 13.8 Å². The Morgan fingerprint density at radius 2 is 1.70 bits per heavy atom. The predicted molar refractivity (Wildman–Crippen MR) is 93.2 cm³/mol. The van der Waals surface area contributed by atoms with Gasteiger partial charge in [-0.25, -0.2) is 8.42 Å². The highest BCUT2D eigenvalue weighted by Gasteiger charge is 2.29. The molecule has 0 amide bonds. The van der Waals surface area contributed by atoms with Crippen LogP contribution in [-0.4, -0.2) is 49.1 Å². The van der Waals surface area contributed by atoms with E-state index in [0.29, 0.717) is 31.1 Å². The second-order valence-electron chi connectivity index (χ2n) is 5.63. The Kier molecular flexibility index (Phi) is 4.48. The van der Waals surface area contributed by atoms with E-state index in [1.165, 1.54) is 0 Å². The largest absolute Gasteiger partial charge is 0.366 e. The van der Waals surface area contributed by atoms with Gasteiger partial charge >= 0.3 is 0 Å². The molecule has 1 aliphatic heterocycles. The molecule has 0 saturated carbocycles. The molecule has 0 unspecified atom stereocenters. The molecule has 1 aromatic heterocycles. The number of piperazine rings is 1. The van der Waals surface area contributed by atoms with Crippen molar-refractivity contribution < 1.29 is 8.42 Å². The van der Waals surface area contributed by atoms with Crippen LogP contribution >= 0.6 is 15.9 Å². The number of aromatic amines is 1. The van der Waals surface area contributed by atoms with Gasteiger partial charge in [0.2, 0.25) is 10.0 Å². The van der Waals surface area contributed by atoms with Crippen molar-refractivity contribution in [1.29, 1.82) is 0 Å². The molecule has 23 heavy (non-hydrogen) atoms. The SMILES string of the molecule is Cc1n[nH]c(C)c1N1CCN(S(=O)(=O)c2ccc(Br)cc2)CC1. The monoisotopic (exact) mass is 398 g/mol. The van der Waals surface area contributed by atoms with Crippen LogP contribution in [0.5, 0.6) is 0 Å². The van der Waals surface area contributed by atoms with Gasteiger partial charge in [0.05, 0.1) is 22.0 Å². The molecular formula is C15H19BrN4O2S. The summed E-state index contributed by atoms with van der Waals surface area (Å²) in [7, 11) is -3.43. The second kappa shape index (κ2) is 6.26. The van der Waals surface area contributed by atoms with Crippen molar-refractivity contribution in [3.63, 3.8) is 0 Å². The Morgan fingerprint density at radius 3 is 2.22 bits per heavy atom. The molecule has 0 radical (unpaired) electrons. The van der Waals surface area contributed by atoms with E-state index in [9.17, 15) is 8.42 Å². The Labute approximate surface area is 144 Å². The van der Waals surface area contributed by atoms with Gasteiger partial charge < -0.3 is 4.90 Å². The number of benzene rings is 1. The minimum absolute atomic E-state index is 0.338. The molecule has 0 bridgehead atoms. The Bertz CT molecular complexity index is 774. The first kappa shape index (κ1) is 16.5. The number of aryl methyl sites for hydroxylation is 2.